The zero-order valence-electron chi connectivity index (χ0n) is 9.94. The minimum absolute atomic E-state index is 0.352. The lowest BCUT2D eigenvalue weighted by Gasteiger charge is -2.38. The summed E-state index contributed by atoms with van der Waals surface area (Å²) >= 11 is 0. The molecular weight excluding hydrogens is 208 g/mol. The lowest BCUT2D eigenvalue weighted by atomic mass is 9.88. The number of carbonyl (C=O) groups is 1. The maximum absolute atomic E-state index is 10.8. The van der Waals surface area contributed by atoms with E-state index in [1.54, 1.807) is 6.08 Å². The molecule has 0 spiro atoms. The van der Waals surface area contributed by atoms with E-state index in [1.165, 1.54) is 13.2 Å². The fourth-order valence-electron chi connectivity index (χ4n) is 1.84. The first-order valence-electron chi connectivity index (χ1n) is 5.65. The Kier molecular flexibility index (Phi) is 4.96. The first-order chi connectivity index (χ1) is 7.58. The first kappa shape index (κ1) is 13.2. The van der Waals surface area contributed by atoms with Crippen LogP contribution in [-0.2, 0) is 14.3 Å². The number of rotatable bonds is 4. The van der Waals surface area contributed by atoms with Crippen molar-refractivity contribution in [3.63, 3.8) is 0 Å². The molecule has 4 nitrogen and oxygen atoms in total. The topological polar surface area (TPSA) is 55.8 Å². The Morgan fingerprint density at radius 2 is 2.44 bits per heavy atom. The zero-order chi connectivity index (χ0) is 12.0. The maximum Gasteiger partial charge on any atom is 0.330 e. The molecule has 92 valence electrons. The normalized spacial score (nSPS) is 30.6. The number of allylic oxidation sites excluding steroid dienone is 1. The highest BCUT2D eigenvalue weighted by atomic mass is 16.5. The monoisotopic (exact) mass is 228 g/mol. The van der Waals surface area contributed by atoms with Crippen molar-refractivity contribution in [2.45, 2.75) is 44.3 Å². The molecule has 0 aromatic heterocycles. The van der Waals surface area contributed by atoms with Crippen molar-refractivity contribution in [3.8, 4) is 0 Å². The minimum Gasteiger partial charge on any atom is -0.466 e. The molecule has 1 heterocycles. The number of methoxy groups -OCH3 is 1. The van der Waals surface area contributed by atoms with Crippen molar-refractivity contribution in [3.05, 3.63) is 12.2 Å². The van der Waals surface area contributed by atoms with Gasteiger partial charge < -0.3 is 14.6 Å². The lowest BCUT2D eigenvalue weighted by Crippen LogP contribution is -2.45. The Hall–Kier alpha value is -0.870. The fourth-order valence-corrected chi connectivity index (χ4v) is 1.84. The van der Waals surface area contributed by atoms with E-state index >= 15 is 0 Å². The van der Waals surface area contributed by atoms with Gasteiger partial charge in [-0.05, 0) is 32.6 Å². The molecule has 0 radical (unpaired) electrons. The molecule has 2 atom stereocenters. The summed E-state index contributed by atoms with van der Waals surface area (Å²) in [7, 11) is 1.35. The quantitative estimate of drug-likeness (QED) is 0.584. The molecule has 0 saturated carbocycles. The summed E-state index contributed by atoms with van der Waals surface area (Å²) in [6, 6.07) is 0. The molecule has 1 fully saturated rings. The molecule has 4 heteroatoms. The van der Waals surface area contributed by atoms with Crippen molar-refractivity contribution in [1.29, 1.82) is 0 Å². The van der Waals surface area contributed by atoms with E-state index in [2.05, 4.69) is 4.74 Å². The fraction of sp³-hybridized carbons (Fsp3) is 0.750. The summed E-state index contributed by atoms with van der Waals surface area (Å²) in [5.41, 5.74) is -0.474. The third kappa shape index (κ3) is 3.61. The van der Waals surface area contributed by atoms with Gasteiger partial charge in [0.2, 0.25) is 0 Å². The number of aliphatic hydroxyl groups excluding tert-OH is 1. The number of esters is 1. The van der Waals surface area contributed by atoms with Crippen LogP contribution in [0, 0.1) is 0 Å². The van der Waals surface area contributed by atoms with Crippen LogP contribution in [-0.4, -0.2) is 36.5 Å². The Labute approximate surface area is 96.2 Å². The van der Waals surface area contributed by atoms with E-state index in [4.69, 9.17) is 4.74 Å². The van der Waals surface area contributed by atoms with Gasteiger partial charge in [-0.1, -0.05) is 6.08 Å². The minimum atomic E-state index is -0.474. The summed E-state index contributed by atoms with van der Waals surface area (Å²) in [4.78, 5) is 10.8. The van der Waals surface area contributed by atoms with Gasteiger partial charge in [-0.25, -0.2) is 4.79 Å². The molecule has 1 aliphatic rings. The highest BCUT2D eigenvalue weighted by Gasteiger charge is 2.35. The molecule has 16 heavy (non-hydrogen) atoms. The van der Waals surface area contributed by atoms with Gasteiger partial charge >= 0.3 is 5.97 Å². The Morgan fingerprint density at radius 3 is 3.06 bits per heavy atom. The second-order valence-corrected chi connectivity index (χ2v) is 4.28. The molecule has 1 rings (SSSR count). The van der Waals surface area contributed by atoms with Crippen LogP contribution in [0.1, 0.15) is 32.6 Å². The van der Waals surface area contributed by atoms with E-state index in [-0.39, 0.29) is 5.97 Å². The molecule has 0 aromatic rings. The SMILES string of the molecule is COC(=O)/C=C/CC[C@]1(C)OCCC[C@H]1O. The highest BCUT2D eigenvalue weighted by Crippen LogP contribution is 2.29. The largest absolute Gasteiger partial charge is 0.466 e. The van der Waals surface area contributed by atoms with Crippen LogP contribution in [0.2, 0.25) is 0 Å². The predicted molar refractivity (Wildman–Crippen MR) is 60.0 cm³/mol. The first-order valence-corrected chi connectivity index (χ1v) is 5.65. The van der Waals surface area contributed by atoms with Gasteiger partial charge in [-0.3, -0.25) is 0 Å². The number of carbonyl (C=O) groups excluding carboxylic acids is 1. The van der Waals surface area contributed by atoms with Crippen LogP contribution in [0.5, 0.6) is 0 Å². The van der Waals surface area contributed by atoms with Crippen molar-refractivity contribution >= 4 is 5.97 Å². The lowest BCUT2D eigenvalue weighted by molar-refractivity contribution is -0.146. The third-order valence-electron chi connectivity index (χ3n) is 3.02. The third-order valence-corrected chi connectivity index (χ3v) is 3.02. The van der Waals surface area contributed by atoms with Crippen LogP contribution < -0.4 is 0 Å². The average Bonchev–Trinajstić information content (AvgIpc) is 2.28. The van der Waals surface area contributed by atoms with Gasteiger partial charge in [-0.15, -0.1) is 0 Å². The van der Waals surface area contributed by atoms with Crippen LogP contribution in [0.4, 0.5) is 0 Å². The molecule has 0 aliphatic carbocycles. The number of ether oxygens (including phenoxy) is 2. The van der Waals surface area contributed by atoms with E-state index < -0.39 is 11.7 Å². The van der Waals surface area contributed by atoms with Gasteiger partial charge in [0.15, 0.2) is 0 Å². The summed E-state index contributed by atoms with van der Waals surface area (Å²) in [5.74, 6) is -0.352. The zero-order valence-corrected chi connectivity index (χ0v) is 9.94. The van der Waals surface area contributed by atoms with Gasteiger partial charge in [-0.2, -0.15) is 0 Å². The Balaban J connectivity index is 2.35. The summed E-state index contributed by atoms with van der Waals surface area (Å²) in [6.07, 6.45) is 5.85. The molecular formula is C12H20O4. The Morgan fingerprint density at radius 1 is 1.69 bits per heavy atom. The molecule has 0 bridgehead atoms. The average molecular weight is 228 g/mol. The smallest absolute Gasteiger partial charge is 0.330 e. The molecule has 0 unspecified atom stereocenters. The standard InChI is InChI=1S/C12H20O4/c1-12(10(13)6-5-9-16-12)8-4-3-7-11(14)15-2/h3,7,10,13H,4-6,8-9H2,1-2H3/b7-3+/t10-,12+/m1/s1. The number of aliphatic hydroxyl groups is 1. The summed E-state index contributed by atoms with van der Waals surface area (Å²) in [6.45, 7) is 2.62. The van der Waals surface area contributed by atoms with Crippen LogP contribution in [0.15, 0.2) is 12.2 Å². The van der Waals surface area contributed by atoms with E-state index in [0.717, 1.165) is 12.8 Å². The molecule has 0 amide bonds. The van der Waals surface area contributed by atoms with Crippen molar-refractivity contribution < 1.29 is 19.4 Å². The van der Waals surface area contributed by atoms with Crippen molar-refractivity contribution in [2.75, 3.05) is 13.7 Å². The second-order valence-electron chi connectivity index (χ2n) is 4.28. The molecule has 1 N–H and O–H groups in total. The predicted octanol–water partition coefficient (Wildman–Crippen LogP) is 1.43. The van der Waals surface area contributed by atoms with E-state index in [0.29, 0.717) is 19.4 Å². The van der Waals surface area contributed by atoms with Crippen LogP contribution in [0.3, 0.4) is 0 Å². The van der Waals surface area contributed by atoms with Crippen LogP contribution in [0.25, 0.3) is 0 Å². The van der Waals surface area contributed by atoms with Gasteiger partial charge in [0.1, 0.15) is 0 Å². The number of hydrogen-bond acceptors (Lipinski definition) is 4. The molecule has 1 saturated heterocycles. The Bertz CT molecular complexity index is 262. The second kappa shape index (κ2) is 6.01. The van der Waals surface area contributed by atoms with Crippen LogP contribution >= 0.6 is 0 Å². The molecule has 1 aliphatic heterocycles. The van der Waals surface area contributed by atoms with Gasteiger partial charge in [0.25, 0.3) is 0 Å². The summed E-state index contributed by atoms with van der Waals surface area (Å²) < 4.78 is 10.1. The van der Waals surface area contributed by atoms with Crippen molar-refractivity contribution in [2.24, 2.45) is 0 Å². The maximum atomic E-state index is 10.8. The van der Waals surface area contributed by atoms with Gasteiger partial charge in [0, 0.05) is 12.7 Å². The highest BCUT2D eigenvalue weighted by molar-refractivity contribution is 5.81. The van der Waals surface area contributed by atoms with E-state index in [1.807, 2.05) is 6.92 Å². The number of hydrogen-bond donors (Lipinski definition) is 1. The van der Waals surface area contributed by atoms with Crippen molar-refractivity contribution in [1.82, 2.24) is 0 Å². The molecule has 0 aromatic carbocycles. The summed E-state index contributed by atoms with van der Waals surface area (Å²) in [5, 5.41) is 9.84. The van der Waals surface area contributed by atoms with E-state index in [9.17, 15) is 9.90 Å². The van der Waals surface area contributed by atoms with Gasteiger partial charge in [0.05, 0.1) is 18.8 Å².